The topological polar surface area (TPSA) is 65.7 Å². The van der Waals surface area contributed by atoms with Crippen LogP contribution in [0, 0.1) is 11.8 Å². The summed E-state index contributed by atoms with van der Waals surface area (Å²) < 4.78 is 16.0. The van der Waals surface area contributed by atoms with E-state index in [4.69, 9.17) is 13.9 Å². The Bertz CT molecular complexity index is 502. The molecule has 1 aromatic rings. The van der Waals surface area contributed by atoms with Crippen molar-refractivity contribution in [2.45, 2.75) is 79.1 Å². The van der Waals surface area contributed by atoms with Crippen molar-refractivity contribution in [3.63, 3.8) is 0 Å². The molecule has 0 bridgehead atoms. The minimum absolute atomic E-state index is 0.0630. The summed E-state index contributed by atoms with van der Waals surface area (Å²) in [4.78, 5) is 24.7. The Morgan fingerprint density at radius 1 is 0.889 bits per heavy atom. The minimum Gasteiger partial charge on any atom is -0.462 e. The van der Waals surface area contributed by atoms with E-state index >= 15 is 0 Å². The fraction of sp³-hybridized carbons (Fsp3) is 0.727. The van der Waals surface area contributed by atoms with Gasteiger partial charge in [-0.3, -0.25) is 0 Å². The molecule has 0 aliphatic heterocycles. The van der Waals surface area contributed by atoms with Gasteiger partial charge in [-0.05, 0) is 30.7 Å². The van der Waals surface area contributed by atoms with E-state index in [0.717, 1.165) is 51.4 Å². The number of carbonyl (C=O) groups is 2. The van der Waals surface area contributed by atoms with Gasteiger partial charge in [-0.1, -0.05) is 66.2 Å². The standard InChI is InChI=1S/C22H36O5/c1-5-9-11-17(7-3)15-26-21(23)19-13-14-25-20(19)22(24)27-16-18(8-4)12-10-6-2/h13-14,17-18H,5-12,15-16H2,1-4H3. The molecule has 154 valence electrons. The van der Waals surface area contributed by atoms with Crippen LogP contribution in [0.4, 0.5) is 0 Å². The van der Waals surface area contributed by atoms with Crippen LogP contribution in [0.15, 0.2) is 16.7 Å². The summed E-state index contributed by atoms with van der Waals surface area (Å²) in [6, 6.07) is 1.47. The molecule has 5 nitrogen and oxygen atoms in total. The molecule has 0 fully saturated rings. The lowest BCUT2D eigenvalue weighted by Gasteiger charge is -2.15. The second-order valence-corrected chi connectivity index (χ2v) is 7.19. The molecule has 0 aliphatic carbocycles. The summed E-state index contributed by atoms with van der Waals surface area (Å²) in [5.74, 6) is -0.501. The Balaban J connectivity index is 2.58. The highest BCUT2D eigenvalue weighted by Crippen LogP contribution is 2.18. The zero-order valence-corrected chi connectivity index (χ0v) is 17.4. The second kappa shape index (κ2) is 13.4. The van der Waals surface area contributed by atoms with E-state index in [-0.39, 0.29) is 11.3 Å². The van der Waals surface area contributed by atoms with E-state index in [1.807, 2.05) is 0 Å². The number of hydrogen-bond donors (Lipinski definition) is 0. The molecule has 1 rings (SSSR count). The van der Waals surface area contributed by atoms with Crippen LogP contribution >= 0.6 is 0 Å². The maximum atomic E-state index is 12.4. The zero-order chi connectivity index (χ0) is 20.1. The lowest BCUT2D eigenvalue weighted by atomic mass is 10.0. The number of hydrogen-bond acceptors (Lipinski definition) is 5. The normalized spacial score (nSPS) is 13.2. The van der Waals surface area contributed by atoms with Crippen LogP contribution in [0.5, 0.6) is 0 Å². The maximum absolute atomic E-state index is 12.4. The van der Waals surface area contributed by atoms with Crippen LogP contribution in [0.25, 0.3) is 0 Å². The van der Waals surface area contributed by atoms with Gasteiger partial charge in [0.15, 0.2) is 0 Å². The van der Waals surface area contributed by atoms with Crippen LogP contribution in [0.3, 0.4) is 0 Å². The summed E-state index contributed by atoms with van der Waals surface area (Å²) in [6.07, 6.45) is 9.80. The molecule has 0 N–H and O–H groups in total. The molecule has 0 radical (unpaired) electrons. The number of ether oxygens (including phenoxy) is 2. The van der Waals surface area contributed by atoms with Crippen LogP contribution in [0.2, 0.25) is 0 Å². The monoisotopic (exact) mass is 380 g/mol. The van der Waals surface area contributed by atoms with Gasteiger partial charge in [-0.15, -0.1) is 0 Å². The Kier molecular flexibility index (Phi) is 11.5. The van der Waals surface area contributed by atoms with Gasteiger partial charge < -0.3 is 13.9 Å². The quantitative estimate of drug-likeness (QED) is 0.369. The Hall–Kier alpha value is -1.78. The number of rotatable bonds is 14. The average molecular weight is 381 g/mol. The first-order chi connectivity index (χ1) is 13.1. The molecule has 0 aromatic carbocycles. The van der Waals surface area contributed by atoms with Crippen LogP contribution in [-0.2, 0) is 9.47 Å². The van der Waals surface area contributed by atoms with Crippen LogP contribution in [-0.4, -0.2) is 25.2 Å². The second-order valence-electron chi connectivity index (χ2n) is 7.19. The molecule has 0 saturated carbocycles. The summed E-state index contributed by atoms with van der Waals surface area (Å²) >= 11 is 0. The van der Waals surface area contributed by atoms with Gasteiger partial charge in [-0.25, -0.2) is 9.59 Å². The van der Waals surface area contributed by atoms with Gasteiger partial charge in [0.25, 0.3) is 0 Å². The van der Waals surface area contributed by atoms with Crippen molar-refractivity contribution in [3.8, 4) is 0 Å². The SMILES string of the molecule is CCCCC(CC)COC(=O)c1ccoc1C(=O)OCC(CC)CCCC. The third kappa shape index (κ3) is 8.19. The van der Waals surface area contributed by atoms with Crippen molar-refractivity contribution in [3.05, 3.63) is 23.7 Å². The molecule has 0 amide bonds. The first kappa shape index (κ1) is 23.3. The molecule has 1 aromatic heterocycles. The number of carbonyl (C=O) groups excluding carboxylic acids is 2. The Morgan fingerprint density at radius 2 is 1.41 bits per heavy atom. The van der Waals surface area contributed by atoms with Gasteiger partial charge in [0.2, 0.25) is 5.76 Å². The molecule has 0 saturated heterocycles. The Labute approximate surface area is 163 Å². The highest BCUT2D eigenvalue weighted by atomic mass is 16.5. The van der Waals surface area contributed by atoms with E-state index in [9.17, 15) is 9.59 Å². The van der Waals surface area contributed by atoms with E-state index < -0.39 is 11.9 Å². The molecule has 2 unspecified atom stereocenters. The molecule has 27 heavy (non-hydrogen) atoms. The lowest BCUT2D eigenvalue weighted by Crippen LogP contribution is -2.18. The summed E-state index contributed by atoms with van der Waals surface area (Å²) in [7, 11) is 0. The highest BCUT2D eigenvalue weighted by Gasteiger charge is 2.24. The van der Waals surface area contributed by atoms with E-state index in [1.54, 1.807) is 0 Å². The van der Waals surface area contributed by atoms with Crippen molar-refractivity contribution >= 4 is 11.9 Å². The smallest absolute Gasteiger partial charge is 0.375 e. The first-order valence-electron chi connectivity index (χ1n) is 10.5. The lowest BCUT2D eigenvalue weighted by molar-refractivity contribution is 0.0355. The average Bonchev–Trinajstić information content (AvgIpc) is 3.18. The van der Waals surface area contributed by atoms with Crippen molar-refractivity contribution < 1.29 is 23.5 Å². The fourth-order valence-corrected chi connectivity index (χ4v) is 2.95. The predicted molar refractivity (Wildman–Crippen MR) is 106 cm³/mol. The third-order valence-corrected chi connectivity index (χ3v) is 5.06. The predicted octanol–water partition coefficient (Wildman–Crippen LogP) is 6.03. The van der Waals surface area contributed by atoms with Crippen molar-refractivity contribution in [1.29, 1.82) is 0 Å². The highest BCUT2D eigenvalue weighted by molar-refractivity contribution is 6.01. The largest absolute Gasteiger partial charge is 0.462 e. The van der Waals surface area contributed by atoms with Crippen molar-refractivity contribution in [2.75, 3.05) is 13.2 Å². The molecule has 2 atom stereocenters. The Morgan fingerprint density at radius 3 is 1.89 bits per heavy atom. The zero-order valence-electron chi connectivity index (χ0n) is 17.4. The number of esters is 2. The first-order valence-corrected chi connectivity index (χ1v) is 10.5. The molecule has 5 heteroatoms. The van der Waals surface area contributed by atoms with Crippen molar-refractivity contribution in [1.82, 2.24) is 0 Å². The minimum atomic E-state index is -0.597. The van der Waals surface area contributed by atoms with E-state index in [2.05, 4.69) is 27.7 Å². The van der Waals surface area contributed by atoms with Gasteiger partial charge >= 0.3 is 11.9 Å². The number of furan rings is 1. The van der Waals surface area contributed by atoms with Gasteiger partial charge in [-0.2, -0.15) is 0 Å². The number of unbranched alkanes of at least 4 members (excludes halogenated alkanes) is 2. The van der Waals surface area contributed by atoms with Crippen molar-refractivity contribution in [2.24, 2.45) is 11.8 Å². The molecular weight excluding hydrogens is 344 g/mol. The fourth-order valence-electron chi connectivity index (χ4n) is 2.95. The van der Waals surface area contributed by atoms with Gasteiger partial charge in [0.1, 0.15) is 5.56 Å². The van der Waals surface area contributed by atoms with Gasteiger partial charge in [0.05, 0.1) is 19.5 Å². The van der Waals surface area contributed by atoms with Gasteiger partial charge in [0, 0.05) is 0 Å². The van der Waals surface area contributed by atoms with E-state index in [1.165, 1.54) is 12.3 Å². The molecular formula is C22H36O5. The molecule has 1 heterocycles. The van der Waals surface area contributed by atoms with E-state index in [0.29, 0.717) is 25.0 Å². The van der Waals surface area contributed by atoms with Crippen LogP contribution in [0.1, 0.15) is 100.0 Å². The summed E-state index contributed by atoms with van der Waals surface area (Å²) in [5, 5.41) is 0. The summed E-state index contributed by atoms with van der Waals surface area (Å²) in [5.41, 5.74) is 0.145. The third-order valence-electron chi connectivity index (χ3n) is 5.06. The molecule has 0 aliphatic rings. The molecule has 0 spiro atoms. The summed E-state index contributed by atoms with van der Waals surface area (Å²) in [6.45, 7) is 9.19. The van der Waals surface area contributed by atoms with Crippen LogP contribution < -0.4 is 0 Å². The maximum Gasteiger partial charge on any atom is 0.375 e.